The van der Waals surface area contributed by atoms with Crippen LogP contribution in [0.2, 0.25) is 5.02 Å². The molecule has 4 nitrogen and oxygen atoms in total. The van der Waals surface area contributed by atoms with Gasteiger partial charge in [0.1, 0.15) is 0 Å². The third-order valence-electron chi connectivity index (χ3n) is 4.34. The van der Waals surface area contributed by atoms with E-state index in [1.807, 2.05) is 43.3 Å². The number of hydrogen-bond acceptors (Lipinski definition) is 3. The first-order chi connectivity index (χ1) is 11.5. The Morgan fingerprint density at radius 2 is 1.71 bits per heavy atom. The zero-order valence-electron chi connectivity index (χ0n) is 13.7. The molecule has 1 heterocycles. The minimum Gasteiger partial charge on any atom is -0.296 e. The third-order valence-corrected chi connectivity index (χ3v) is 6.63. The summed E-state index contributed by atoms with van der Waals surface area (Å²) in [6.07, 6.45) is 0. The fourth-order valence-corrected chi connectivity index (χ4v) is 4.87. The van der Waals surface area contributed by atoms with Crippen molar-refractivity contribution in [1.29, 1.82) is 0 Å². The molecule has 0 spiro atoms. The summed E-state index contributed by atoms with van der Waals surface area (Å²) in [6.45, 7) is 5.09. The van der Waals surface area contributed by atoms with E-state index in [4.69, 9.17) is 11.6 Å². The zero-order chi connectivity index (χ0) is 17.2. The summed E-state index contributed by atoms with van der Waals surface area (Å²) in [4.78, 5) is 2.67. The second-order valence-electron chi connectivity index (χ2n) is 6.08. The minimum absolute atomic E-state index is 0.410. The lowest BCUT2D eigenvalue weighted by Gasteiger charge is -2.34. The molecule has 128 valence electrons. The van der Waals surface area contributed by atoms with Crippen LogP contribution in [0.25, 0.3) is 0 Å². The Kier molecular flexibility index (Phi) is 5.25. The summed E-state index contributed by atoms with van der Waals surface area (Å²) in [5.74, 6) is 0. The van der Waals surface area contributed by atoms with Gasteiger partial charge in [0.05, 0.1) is 4.90 Å². The topological polar surface area (TPSA) is 40.6 Å². The molecule has 0 bridgehead atoms. The standard InChI is InChI=1S/C18H21ClN2O2S/c1-15-5-2-3-8-18(15)24(22,23)21-11-9-20(10-12-21)14-16-6-4-7-17(19)13-16/h2-8,13H,9-12,14H2,1H3. The van der Waals surface area contributed by atoms with Crippen molar-refractivity contribution in [3.05, 3.63) is 64.7 Å². The Labute approximate surface area is 148 Å². The molecule has 0 aromatic heterocycles. The summed E-state index contributed by atoms with van der Waals surface area (Å²) in [5, 5.41) is 0.730. The molecule has 1 saturated heterocycles. The summed E-state index contributed by atoms with van der Waals surface area (Å²) >= 11 is 6.02. The number of sulfonamides is 1. The fraction of sp³-hybridized carbons (Fsp3) is 0.333. The molecule has 1 aliphatic heterocycles. The van der Waals surface area contributed by atoms with E-state index in [1.54, 1.807) is 16.4 Å². The summed E-state index contributed by atoms with van der Waals surface area (Å²) in [7, 11) is -3.41. The van der Waals surface area contributed by atoms with Gasteiger partial charge in [-0.25, -0.2) is 8.42 Å². The van der Waals surface area contributed by atoms with Crippen LogP contribution in [0.1, 0.15) is 11.1 Å². The van der Waals surface area contributed by atoms with E-state index >= 15 is 0 Å². The molecule has 0 unspecified atom stereocenters. The average molecular weight is 365 g/mol. The highest BCUT2D eigenvalue weighted by Crippen LogP contribution is 2.21. The van der Waals surface area contributed by atoms with Crippen molar-refractivity contribution < 1.29 is 8.42 Å². The Balaban J connectivity index is 1.66. The van der Waals surface area contributed by atoms with Crippen molar-refractivity contribution in [2.75, 3.05) is 26.2 Å². The summed E-state index contributed by atoms with van der Waals surface area (Å²) in [6, 6.07) is 15.0. The second-order valence-corrected chi connectivity index (χ2v) is 8.42. The molecular weight excluding hydrogens is 344 g/mol. The third kappa shape index (κ3) is 3.81. The molecule has 2 aromatic carbocycles. The van der Waals surface area contributed by atoms with Crippen LogP contribution in [0.15, 0.2) is 53.4 Å². The second kappa shape index (κ2) is 7.23. The number of rotatable bonds is 4. The van der Waals surface area contributed by atoms with Crippen LogP contribution in [-0.2, 0) is 16.6 Å². The molecule has 0 amide bonds. The molecule has 0 atom stereocenters. The molecular formula is C18H21ClN2O2S. The van der Waals surface area contributed by atoms with E-state index < -0.39 is 10.0 Å². The van der Waals surface area contributed by atoms with E-state index in [1.165, 1.54) is 0 Å². The van der Waals surface area contributed by atoms with Gasteiger partial charge < -0.3 is 0 Å². The van der Waals surface area contributed by atoms with Crippen molar-refractivity contribution >= 4 is 21.6 Å². The summed E-state index contributed by atoms with van der Waals surface area (Å²) in [5.41, 5.74) is 1.94. The van der Waals surface area contributed by atoms with Crippen molar-refractivity contribution in [1.82, 2.24) is 9.21 Å². The molecule has 24 heavy (non-hydrogen) atoms. The smallest absolute Gasteiger partial charge is 0.243 e. The molecule has 0 radical (unpaired) electrons. The van der Waals surface area contributed by atoms with E-state index in [-0.39, 0.29) is 0 Å². The highest BCUT2D eigenvalue weighted by molar-refractivity contribution is 7.89. The zero-order valence-corrected chi connectivity index (χ0v) is 15.2. The van der Waals surface area contributed by atoms with Crippen LogP contribution >= 0.6 is 11.6 Å². The van der Waals surface area contributed by atoms with Gasteiger partial charge in [-0.15, -0.1) is 0 Å². The number of halogens is 1. The monoisotopic (exact) mass is 364 g/mol. The lowest BCUT2D eigenvalue weighted by Crippen LogP contribution is -2.48. The highest BCUT2D eigenvalue weighted by Gasteiger charge is 2.29. The van der Waals surface area contributed by atoms with Gasteiger partial charge in [0.25, 0.3) is 0 Å². The number of nitrogens with zero attached hydrogens (tertiary/aromatic N) is 2. The van der Waals surface area contributed by atoms with Gasteiger partial charge in [0.15, 0.2) is 0 Å². The van der Waals surface area contributed by atoms with E-state index in [9.17, 15) is 8.42 Å². The van der Waals surface area contributed by atoms with Gasteiger partial charge in [0, 0.05) is 37.7 Å². The van der Waals surface area contributed by atoms with E-state index in [0.717, 1.165) is 35.8 Å². The fourth-order valence-electron chi connectivity index (χ4n) is 3.01. The highest BCUT2D eigenvalue weighted by atomic mass is 35.5. The maximum Gasteiger partial charge on any atom is 0.243 e. The molecule has 0 aliphatic carbocycles. The van der Waals surface area contributed by atoms with Crippen molar-refractivity contribution in [2.24, 2.45) is 0 Å². The van der Waals surface area contributed by atoms with Gasteiger partial charge in [-0.2, -0.15) is 4.31 Å². The van der Waals surface area contributed by atoms with Gasteiger partial charge in [-0.3, -0.25) is 4.90 Å². The van der Waals surface area contributed by atoms with Gasteiger partial charge >= 0.3 is 0 Å². The van der Waals surface area contributed by atoms with Gasteiger partial charge in [-0.05, 0) is 36.2 Å². The van der Waals surface area contributed by atoms with Crippen LogP contribution in [0, 0.1) is 6.92 Å². The largest absolute Gasteiger partial charge is 0.296 e. The van der Waals surface area contributed by atoms with Crippen LogP contribution in [0.3, 0.4) is 0 Å². The van der Waals surface area contributed by atoms with Crippen molar-refractivity contribution in [3.8, 4) is 0 Å². The Morgan fingerprint density at radius 3 is 2.38 bits per heavy atom. The average Bonchev–Trinajstić information content (AvgIpc) is 2.55. The van der Waals surface area contributed by atoms with E-state index in [0.29, 0.717) is 18.0 Å². The van der Waals surface area contributed by atoms with Crippen LogP contribution in [-0.4, -0.2) is 43.8 Å². The van der Waals surface area contributed by atoms with Crippen LogP contribution < -0.4 is 0 Å². The molecule has 0 N–H and O–H groups in total. The number of piperazine rings is 1. The maximum atomic E-state index is 12.8. The van der Waals surface area contributed by atoms with Gasteiger partial charge in [-0.1, -0.05) is 41.9 Å². The Morgan fingerprint density at radius 1 is 1.00 bits per heavy atom. The normalized spacial score (nSPS) is 17.1. The molecule has 6 heteroatoms. The molecule has 0 saturated carbocycles. The number of aryl methyl sites for hydroxylation is 1. The quantitative estimate of drug-likeness (QED) is 0.836. The molecule has 1 aliphatic rings. The predicted molar refractivity (Wildman–Crippen MR) is 96.7 cm³/mol. The SMILES string of the molecule is Cc1ccccc1S(=O)(=O)N1CCN(Cc2cccc(Cl)c2)CC1. The number of benzene rings is 2. The lowest BCUT2D eigenvalue weighted by atomic mass is 10.2. The van der Waals surface area contributed by atoms with E-state index in [2.05, 4.69) is 4.90 Å². The first-order valence-electron chi connectivity index (χ1n) is 7.99. The van der Waals surface area contributed by atoms with Crippen molar-refractivity contribution in [3.63, 3.8) is 0 Å². The first-order valence-corrected chi connectivity index (χ1v) is 9.81. The number of hydrogen-bond donors (Lipinski definition) is 0. The lowest BCUT2D eigenvalue weighted by molar-refractivity contribution is 0.181. The van der Waals surface area contributed by atoms with Crippen LogP contribution in [0.4, 0.5) is 0 Å². The molecule has 3 rings (SSSR count). The Hall–Kier alpha value is -1.40. The summed E-state index contributed by atoms with van der Waals surface area (Å²) < 4.78 is 27.2. The first kappa shape index (κ1) is 17.4. The molecule has 1 fully saturated rings. The van der Waals surface area contributed by atoms with Crippen LogP contribution in [0.5, 0.6) is 0 Å². The Bertz CT molecular complexity index is 815. The minimum atomic E-state index is -3.41. The predicted octanol–water partition coefficient (Wildman–Crippen LogP) is 3.15. The van der Waals surface area contributed by atoms with Gasteiger partial charge in [0.2, 0.25) is 10.0 Å². The molecule has 2 aromatic rings. The van der Waals surface area contributed by atoms with Crippen molar-refractivity contribution in [2.45, 2.75) is 18.4 Å². The maximum absolute atomic E-state index is 12.8.